The number of nitrogens with one attached hydrogen (secondary N) is 1. The zero-order chi connectivity index (χ0) is 18.0. The SMILES string of the molecule is CC(F)(F)C12CCC(C(O)c3c(F)c(Cl)cc4cn[nH]c34)(CC1)CC2. The number of aromatic nitrogens is 2. The van der Waals surface area contributed by atoms with Gasteiger partial charge in [0.05, 0.1) is 22.8 Å². The fourth-order valence-electron chi connectivity index (χ4n) is 4.91. The molecule has 1 heterocycles. The van der Waals surface area contributed by atoms with Crippen LogP contribution in [0.2, 0.25) is 5.02 Å². The van der Waals surface area contributed by atoms with E-state index in [0.29, 0.717) is 49.4 Å². The number of aromatic amines is 1. The summed E-state index contributed by atoms with van der Waals surface area (Å²) in [6.45, 7) is 0.993. The number of fused-ring (bicyclic) bond motifs is 4. The number of benzene rings is 1. The van der Waals surface area contributed by atoms with Crippen molar-refractivity contribution in [1.82, 2.24) is 10.2 Å². The van der Waals surface area contributed by atoms with Crippen molar-refractivity contribution in [2.75, 3.05) is 0 Å². The predicted octanol–water partition coefficient (Wildman–Crippen LogP) is 5.38. The normalized spacial score (nSPS) is 30.8. The second-order valence-corrected chi connectivity index (χ2v) is 8.26. The minimum atomic E-state index is -2.73. The molecular weight excluding hydrogens is 353 g/mol. The van der Waals surface area contributed by atoms with Gasteiger partial charge in [-0.25, -0.2) is 13.2 Å². The highest BCUT2D eigenvalue weighted by Gasteiger charge is 2.60. The highest BCUT2D eigenvalue weighted by atomic mass is 35.5. The molecule has 3 aliphatic rings. The lowest BCUT2D eigenvalue weighted by molar-refractivity contribution is -0.191. The first-order valence-corrected chi connectivity index (χ1v) is 8.94. The Hall–Kier alpha value is -1.27. The zero-order valence-corrected chi connectivity index (χ0v) is 14.6. The van der Waals surface area contributed by atoms with Crippen molar-refractivity contribution in [2.24, 2.45) is 10.8 Å². The zero-order valence-electron chi connectivity index (χ0n) is 13.9. The molecule has 3 fully saturated rings. The van der Waals surface area contributed by atoms with Crippen molar-refractivity contribution in [3.63, 3.8) is 0 Å². The summed E-state index contributed by atoms with van der Waals surface area (Å²) in [5, 5.41) is 18.3. The van der Waals surface area contributed by atoms with E-state index in [1.807, 2.05) is 0 Å². The molecule has 7 heteroatoms. The highest BCUT2D eigenvalue weighted by Crippen LogP contribution is 2.65. The number of hydrogen-bond donors (Lipinski definition) is 2. The maximum absolute atomic E-state index is 14.7. The van der Waals surface area contributed by atoms with Crippen molar-refractivity contribution in [1.29, 1.82) is 0 Å². The Kier molecular flexibility index (Phi) is 3.68. The molecule has 0 spiro atoms. The van der Waals surface area contributed by atoms with Crippen molar-refractivity contribution in [3.05, 3.63) is 28.7 Å². The maximum Gasteiger partial charge on any atom is 0.250 e. The minimum Gasteiger partial charge on any atom is -0.388 e. The van der Waals surface area contributed by atoms with Gasteiger partial charge in [-0.3, -0.25) is 5.10 Å². The van der Waals surface area contributed by atoms with Gasteiger partial charge in [-0.2, -0.15) is 5.10 Å². The van der Waals surface area contributed by atoms with Crippen LogP contribution < -0.4 is 0 Å². The van der Waals surface area contributed by atoms with Crippen LogP contribution in [-0.4, -0.2) is 21.2 Å². The molecule has 1 unspecified atom stereocenters. The van der Waals surface area contributed by atoms with E-state index in [2.05, 4.69) is 10.2 Å². The van der Waals surface area contributed by atoms with Crippen LogP contribution in [0, 0.1) is 16.6 Å². The Bertz CT molecular complexity index is 805. The Balaban J connectivity index is 1.73. The van der Waals surface area contributed by atoms with Crippen LogP contribution in [0.4, 0.5) is 13.2 Å². The molecule has 25 heavy (non-hydrogen) atoms. The van der Waals surface area contributed by atoms with E-state index in [9.17, 15) is 18.3 Å². The molecule has 3 nitrogen and oxygen atoms in total. The summed E-state index contributed by atoms with van der Waals surface area (Å²) in [7, 11) is 0. The summed E-state index contributed by atoms with van der Waals surface area (Å²) < 4.78 is 42.9. The summed E-state index contributed by atoms with van der Waals surface area (Å²) in [6, 6.07) is 1.47. The molecule has 0 aliphatic heterocycles. The number of hydrogen-bond acceptors (Lipinski definition) is 2. The highest BCUT2D eigenvalue weighted by molar-refractivity contribution is 6.31. The summed E-state index contributed by atoms with van der Waals surface area (Å²) in [5.74, 6) is -3.40. The number of nitrogens with zero attached hydrogens (tertiary/aromatic N) is 1. The molecule has 0 radical (unpaired) electrons. The molecule has 2 aromatic rings. The van der Waals surface area contributed by atoms with E-state index in [4.69, 9.17) is 11.6 Å². The number of H-pyrrole nitrogens is 1. The second-order valence-electron chi connectivity index (χ2n) is 7.85. The first-order chi connectivity index (χ1) is 11.7. The van der Waals surface area contributed by atoms with E-state index < -0.39 is 28.7 Å². The third-order valence-electron chi connectivity index (χ3n) is 6.76. The van der Waals surface area contributed by atoms with Gasteiger partial charge in [0.15, 0.2) is 0 Å². The lowest BCUT2D eigenvalue weighted by Gasteiger charge is -2.56. The van der Waals surface area contributed by atoms with Crippen LogP contribution >= 0.6 is 11.6 Å². The molecular formula is C18H20ClF3N2O. The molecule has 3 saturated carbocycles. The van der Waals surface area contributed by atoms with Crippen molar-refractivity contribution in [3.8, 4) is 0 Å². The van der Waals surface area contributed by atoms with Crippen LogP contribution in [0.1, 0.15) is 57.1 Å². The lowest BCUT2D eigenvalue weighted by Crippen LogP contribution is -2.51. The van der Waals surface area contributed by atoms with E-state index in [0.717, 1.165) is 6.92 Å². The largest absolute Gasteiger partial charge is 0.388 e. The van der Waals surface area contributed by atoms with Gasteiger partial charge >= 0.3 is 0 Å². The van der Waals surface area contributed by atoms with Gasteiger partial charge in [-0.15, -0.1) is 0 Å². The minimum absolute atomic E-state index is 0.0691. The van der Waals surface area contributed by atoms with Gasteiger partial charge in [0.2, 0.25) is 0 Å². The molecule has 3 aliphatic carbocycles. The molecule has 1 aromatic heterocycles. The van der Waals surface area contributed by atoms with E-state index in [-0.39, 0.29) is 10.6 Å². The first-order valence-electron chi connectivity index (χ1n) is 8.56. The van der Waals surface area contributed by atoms with Crippen LogP contribution in [-0.2, 0) is 0 Å². The van der Waals surface area contributed by atoms with Crippen molar-refractivity contribution in [2.45, 2.75) is 57.5 Å². The Morgan fingerprint density at radius 3 is 2.40 bits per heavy atom. The van der Waals surface area contributed by atoms with Crippen molar-refractivity contribution < 1.29 is 18.3 Å². The third-order valence-corrected chi connectivity index (χ3v) is 7.03. The molecule has 5 rings (SSSR count). The summed E-state index contributed by atoms with van der Waals surface area (Å²) in [4.78, 5) is 0. The fourth-order valence-corrected chi connectivity index (χ4v) is 5.12. The molecule has 2 N–H and O–H groups in total. The van der Waals surface area contributed by atoms with E-state index >= 15 is 0 Å². The van der Waals surface area contributed by atoms with Crippen LogP contribution in [0.25, 0.3) is 10.9 Å². The summed E-state index contributed by atoms with van der Waals surface area (Å²) in [6.07, 6.45) is 2.85. The molecule has 2 bridgehead atoms. The molecule has 136 valence electrons. The average Bonchev–Trinajstić information content (AvgIpc) is 3.04. The first kappa shape index (κ1) is 17.2. The predicted molar refractivity (Wildman–Crippen MR) is 89.2 cm³/mol. The van der Waals surface area contributed by atoms with Crippen molar-refractivity contribution >= 4 is 22.5 Å². The molecule has 0 saturated heterocycles. The topological polar surface area (TPSA) is 48.9 Å². The standard InChI is InChI=1S/C18H20ClF3N2O/c1-16(21,22)18-5-2-17(3-6-18,4-7-18)15(25)12-13(20)11(19)8-10-9-23-24-14(10)12/h8-9,15,25H,2-7H2,1H3,(H,23,24). The monoisotopic (exact) mass is 372 g/mol. The molecule has 0 amide bonds. The van der Waals surface area contributed by atoms with Crippen LogP contribution in [0.3, 0.4) is 0 Å². The van der Waals surface area contributed by atoms with E-state index in [1.54, 1.807) is 0 Å². The Labute approximate surface area is 148 Å². The number of aliphatic hydroxyl groups is 1. The van der Waals surface area contributed by atoms with Gasteiger partial charge in [-0.1, -0.05) is 11.6 Å². The number of alkyl halides is 2. The quantitative estimate of drug-likeness (QED) is 0.759. The summed E-state index contributed by atoms with van der Waals surface area (Å²) in [5.41, 5.74) is -1.04. The number of aliphatic hydroxyl groups excluding tert-OH is 1. The Morgan fingerprint density at radius 2 is 1.84 bits per heavy atom. The van der Waals surface area contributed by atoms with Crippen LogP contribution in [0.5, 0.6) is 0 Å². The number of halogens is 4. The fraction of sp³-hybridized carbons (Fsp3) is 0.611. The van der Waals surface area contributed by atoms with Gasteiger partial charge in [0.25, 0.3) is 5.92 Å². The van der Waals surface area contributed by atoms with Gasteiger partial charge in [-0.05, 0) is 51.5 Å². The maximum atomic E-state index is 14.7. The third kappa shape index (κ3) is 2.33. The Morgan fingerprint density at radius 1 is 1.24 bits per heavy atom. The van der Waals surface area contributed by atoms with Gasteiger partial charge < -0.3 is 5.11 Å². The molecule has 1 atom stereocenters. The molecule has 1 aromatic carbocycles. The van der Waals surface area contributed by atoms with E-state index in [1.165, 1.54) is 12.3 Å². The van der Waals surface area contributed by atoms with Gasteiger partial charge in [0.1, 0.15) is 5.82 Å². The van der Waals surface area contributed by atoms with Crippen LogP contribution in [0.15, 0.2) is 12.3 Å². The average molecular weight is 373 g/mol. The second kappa shape index (κ2) is 5.36. The van der Waals surface area contributed by atoms with Gasteiger partial charge in [0, 0.05) is 21.8 Å². The summed E-state index contributed by atoms with van der Waals surface area (Å²) >= 11 is 5.99. The smallest absolute Gasteiger partial charge is 0.250 e. The number of rotatable bonds is 3. The lowest BCUT2D eigenvalue weighted by atomic mass is 9.50.